The van der Waals surface area contributed by atoms with Gasteiger partial charge in [0.1, 0.15) is 5.82 Å². The number of nitrogens with one attached hydrogen (secondary N) is 1. The van der Waals surface area contributed by atoms with Gasteiger partial charge in [0.2, 0.25) is 0 Å². The molecule has 5 heteroatoms. The van der Waals surface area contributed by atoms with Crippen LogP contribution in [0.5, 0.6) is 0 Å². The molecule has 18 heavy (non-hydrogen) atoms. The van der Waals surface area contributed by atoms with Gasteiger partial charge in [-0.15, -0.1) is 0 Å². The van der Waals surface area contributed by atoms with Crippen molar-refractivity contribution in [3.63, 3.8) is 0 Å². The number of aromatic amines is 1. The number of Topliss-reactive ketones (excluding diaryl/α,β-unsaturated/α-hetero) is 1. The highest BCUT2D eigenvalue weighted by Crippen LogP contribution is 2.33. The molecule has 0 amide bonds. The molecule has 1 aromatic rings. The number of hydrogen-bond acceptors (Lipinski definition) is 3. The van der Waals surface area contributed by atoms with E-state index in [9.17, 15) is 4.79 Å². The topological polar surface area (TPSA) is 55.0 Å². The van der Waals surface area contributed by atoms with E-state index < -0.39 is 11.2 Å². The van der Waals surface area contributed by atoms with Crippen LogP contribution in [0.4, 0.5) is 0 Å². The van der Waals surface area contributed by atoms with Crippen molar-refractivity contribution in [3.8, 4) is 0 Å². The number of nitrogens with zero attached hydrogens (tertiary/aromatic N) is 1. The number of halogens is 1. The number of hydrogen-bond donors (Lipinski definition) is 1. The summed E-state index contributed by atoms with van der Waals surface area (Å²) in [5.41, 5.74) is 0. The van der Waals surface area contributed by atoms with Crippen LogP contribution >= 0.6 is 11.6 Å². The largest absolute Gasteiger partial charge is 0.346 e. The lowest BCUT2D eigenvalue weighted by Crippen LogP contribution is -2.30. The van der Waals surface area contributed by atoms with E-state index in [0.29, 0.717) is 18.7 Å². The Hall–Kier alpha value is -1.39. The van der Waals surface area contributed by atoms with E-state index in [1.807, 2.05) is 18.2 Å². The Balaban J connectivity index is 2.18. The van der Waals surface area contributed by atoms with Gasteiger partial charge in [0.15, 0.2) is 16.9 Å². The maximum atomic E-state index is 11.9. The number of rotatable bonds is 5. The number of H-pyrrole nitrogens is 1. The number of carbonyl (C=O) groups is 1. The van der Waals surface area contributed by atoms with Gasteiger partial charge in [-0.25, -0.2) is 4.98 Å². The average molecular weight is 267 g/mol. The van der Waals surface area contributed by atoms with E-state index >= 15 is 0 Å². The predicted molar refractivity (Wildman–Crippen MR) is 69.2 cm³/mol. The third-order valence-corrected chi connectivity index (χ3v) is 3.08. The van der Waals surface area contributed by atoms with Gasteiger partial charge in [-0.1, -0.05) is 36.8 Å². The molecule has 2 atom stereocenters. The first-order chi connectivity index (χ1) is 8.64. The zero-order chi connectivity index (χ0) is 13.0. The summed E-state index contributed by atoms with van der Waals surface area (Å²) in [4.78, 5) is 18.9. The minimum atomic E-state index is -0.975. The second kappa shape index (κ2) is 5.50. The van der Waals surface area contributed by atoms with Crippen molar-refractivity contribution in [2.45, 2.75) is 30.9 Å². The molecule has 1 aromatic heterocycles. The van der Waals surface area contributed by atoms with Crippen molar-refractivity contribution in [2.75, 3.05) is 0 Å². The van der Waals surface area contributed by atoms with E-state index in [1.54, 1.807) is 25.4 Å². The Kier molecular flexibility index (Phi) is 3.99. The van der Waals surface area contributed by atoms with Crippen LogP contribution in [0.1, 0.15) is 31.7 Å². The molecule has 4 nitrogen and oxygen atoms in total. The lowest BCUT2D eigenvalue weighted by atomic mass is 10.1. The fourth-order valence-corrected chi connectivity index (χ4v) is 1.99. The second-order valence-corrected chi connectivity index (χ2v) is 4.71. The lowest BCUT2D eigenvalue weighted by Gasteiger charge is -2.28. The van der Waals surface area contributed by atoms with Gasteiger partial charge in [0.25, 0.3) is 0 Å². The summed E-state index contributed by atoms with van der Waals surface area (Å²) in [6.07, 6.45) is 10.8. The van der Waals surface area contributed by atoms with E-state index in [0.717, 1.165) is 0 Å². The van der Waals surface area contributed by atoms with Gasteiger partial charge in [0, 0.05) is 25.2 Å². The summed E-state index contributed by atoms with van der Waals surface area (Å²) in [6, 6.07) is 0. The lowest BCUT2D eigenvalue weighted by molar-refractivity contribution is -0.135. The Morgan fingerprint density at radius 3 is 3.06 bits per heavy atom. The number of ketones is 1. The number of carbonyl (C=O) groups excluding carboxylic acids is 1. The van der Waals surface area contributed by atoms with E-state index in [1.165, 1.54) is 0 Å². The molecule has 1 aliphatic rings. The monoisotopic (exact) mass is 266 g/mol. The highest BCUT2D eigenvalue weighted by atomic mass is 35.5. The Morgan fingerprint density at radius 2 is 2.50 bits per heavy atom. The van der Waals surface area contributed by atoms with Crippen LogP contribution < -0.4 is 0 Å². The van der Waals surface area contributed by atoms with Crippen molar-refractivity contribution < 1.29 is 9.53 Å². The first kappa shape index (κ1) is 13.1. The van der Waals surface area contributed by atoms with Crippen molar-refractivity contribution in [1.29, 1.82) is 0 Å². The number of allylic oxidation sites excluding steroid dienone is 2. The second-order valence-electron chi connectivity index (χ2n) is 4.07. The van der Waals surface area contributed by atoms with Crippen molar-refractivity contribution >= 4 is 17.4 Å². The molecular weight excluding hydrogens is 252 g/mol. The zero-order valence-corrected chi connectivity index (χ0v) is 10.9. The molecule has 2 rings (SSSR count). The van der Waals surface area contributed by atoms with Crippen LogP contribution in [0, 0.1) is 0 Å². The van der Waals surface area contributed by atoms with Crippen molar-refractivity contribution in [2.24, 2.45) is 0 Å². The molecule has 1 aliphatic carbocycles. The molecular formula is C13H15ClN2O2. The van der Waals surface area contributed by atoms with Crippen molar-refractivity contribution in [3.05, 3.63) is 42.5 Å². The molecule has 96 valence electrons. The maximum Gasteiger partial charge on any atom is 0.176 e. The van der Waals surface area contributed by atoms with E-state index in [-0.39, 0.29) is 5.78 Å². The number of ether oxygens (including phenoxy) is 1. The fraction of sp³-hybridized carbons (Fsp3) is 0.385. The SMILES string of the molecule is CCC(=O)C(OC1(Cl)C=CC=CC1)c1ncc[nH]1. The average Bonchev–Trinajstić information content (AvgIpc) is 2.90. The minimum absolute atomic E-state index is 0.0482. The molecule has 0 bridgehead atoms. The highest BCUT2D eigenvalue weighted by Gasteiger charge is 2.33. The van der Waals surface area contributed by atoms with Gasteiger partial charge >= 0.3 is 0 Å². The quantitative estimate of drug-likeness (QED) is 0.834. The summed E-state index contributed by atoms with van der Waals surface area (Å²) < 4.78 is 5.76. The Morgan fingerprint density at radius 1 is 1.67 bits per heavy atom. The molecule has 0 spiro atoms. The van der Waals surface area contributed by atoms with Gasteiger partial charge in [-0.05, 0) is 6.08 Å². The van der Waals surface area contributed by atoms with Gasteiger partial charge in [-0.2, -0.15) is 0 Å². The summed E-state index contributed by atoms with van der Waals surface area (Å²) in [5, 5.41) is -0.975. The van der Waals surface area contributed by atoms with Crippen molar-refractivity contribution in [1.82, 2.24) is 9.97 Å². The molecule has 2 unspecified atom stereocenters. The van der Waals surface area contributed by atoms with Crippen LogP contribution in [0.15, 0.2) is 36.7 Å². The maximum absolute atomic E-state index is 11.9. The summed E-state index contributed by atoms with van der Waals surface area (Å²) in [5.74, 6) is 0.442. The van der Waals surface area contributed by atoms with Crippen LogP contribution in [-0.4, -0.2) is 20.8 Å². The highest BCUT2D eigenvalue weighted by molar-refractivity contribution is 6.24. The summed E-state index contributed by atoms with van der Waals surface area (Å²) in [7, 11) is 0. The molecule has 0 saturated carbocycles. The number of alkyl halides is 1. The van der Waals surface area contributed by atoms with Crippen LogP contribution in [0.25, 0.3) is 0 Å². The molecule has 1 N–H and O–H groups in total. The zero-order valence-electron chi connectivity index (χ0n) is 10.1. The van der Waals surface area contributed by atoms with Crippen LogP contribution in [0.2, 0.25) is 0 Å². The van der Waals surface area contributed by atoms with Crippen LogP contribution in [-0.2, 0) is 9.53 Å². The Labute approximate surface area is 111 Å². The fourth-order valence-electron chi connectivity index (χ4n) is 1.74. The van der Waals surface area contributed by atoms with Crippen LogP contribution in [0.3, 0.4) is 0 Å². The smallest absolute Gasteiger partial charge is 0.176 e. The molecule has 0 saturated heterocycles. The van der Waals surface area contributed by atoms with E-state index in [4.69, 9.17) is 16.3 Å². The van der Waals surface area contributed by atoms with Gasteiger partial charge in [-0.3, -0.25) is 4.79 Å². The van der Waals surface area contributed by atoms with E-state index in [2.05, 4.69) is 9.97 Å². The number of aromatic nitrogens is 2. The molecule has 0 aliphatic heterocycles. The normalized spacial score (nSPS) is 24.1. The molecule has 0 aromatic carbocycles. The molecule has 0 radical (unpaired) electrons. The number of imidazole rings is 1. The first-order valence-electron chi connectivity index (χ1n) is 5.88. The molecule has 0 fully saturated rings. The summed E-state index contributed by atoms with van der Waals surface area (Å²) in [6.45, 7) is 1.79. The standard InChI is InChI=1S/C13H15ClN2O2/c1-2-10(17)11(12-15-8-9-16-12)18-13(14)6-4-3-5-7-13/h3-6,8-9,11H,2,7H2,1H3,(H,15,16). The third kappa shape index (κ3) is 2.89. The predicted octanol–water partition coefficient (Wildman–Crippen LogP) is 2.90. The third-order valence-electron chi connectivity index (χ3n) is 2.71. The summed E-state index contributed by atoms with van der Waals surface area (Å²) >= 11 is 6.33. The minimum Gasteiger partial charge on any atom is -0.346 e. The van der Waals surface area contributed by atoms with Gasteiger partial charge < -0.3 is 9.72 Å². The molecule has 1 heterocycles. The first-order valence-corrected chi connectivity index (χ1v) is 6.25. The Bertz CT molecular complexity index is 467. The van der Waals surface area contributed by atoms with Gasteiger partial charge in [0.05, 0.1) is 0 Å².